The average Bonchev–Trinajstić information content (AvgIpc) is 2.17. The van der Waals surface area contributed by atoms with Crippen LogP contribution in [0.25, 0.3) is 0 Å². The Kier molecular flexibility index (Phi) is 3.87. The van der Waals surface area contributed by atoms with Crippen LogP contribution in [0.1, 0.15) is 29.3 Å². The molecule has 0 radical (unpaired) electrons. The van der Waals surface area contributed by atoms with Gasteiger partial charge >= 0.3 is 0 Å². The van der Waals surface area contributed by atoms with Crippen LogP contribution in [0, 0.1) is 3.57 Å². The lowest BCUT2D eigenvalue weighted by Gasteiger charge is -2.03. The predicted molar refractivity (Wildman–Crippen MR) is 59.7 cm³/mol. The highest BCUT2D eigenvalue weighted by Gasteiger charge is 2.07. The zero-order valence-corrected chi connectivity index (χ0v) is 9.54. The fraction of sp³-hybridized carbons (Fsp3) is 0.300. The van der Waals surface area contributed by atoms with Crippen molar-refractivity contribution in [1.29, 1.82) is 0 Å². The molecule has 0 aromatic heterocycles. The molecule has 13 heavy (non-hydrogen) atoms. The first-order valence-corrected chi connectivity index (χ1v) is 5.19. The van der Waals surface area contributed by atoms with Gasteiger partial charge in [-0.05, 0) is 40.3 Å². The van der Waals surface area contributed by atoms with Crippen LogP contribution >= 0.6 is 22.6 Å². The number of hydrogen-bond acceptors (Lipinski definition) is 2. The summed E-state index contributed by atoms with van der Waals surface area (Å²) in [5.74, 6) is 0.125. The van der Waals surface area contributed by atoms with Crippen molar-refractivity contribution < 1.29 is 9.90 Å². The zero-order valence-electron chi connectivity index (χ0n) is 7.38. The number of benzene rings is 1. The Bertz CT molecular complexity index is 321. The number of aliphatic hydroxyl groups excluding tert-OH is 1. The van der Waals surface area contributed by atoms with E-state index in [4.69, 9.17) is 5.11 Å². The summed E-state index contributed by atoms with van der Waals surface area (Å²) in [5, 5.41) is 8.89. The second-order valence-corrected chi connectivity index (χ2v) is 3.91. The van der Waals surface area contributed by atoms with Gasteiger partial charge in [0.2, 0.25) is 0 Å². The molecular weight excluding hydrogens is 279 g/mol. The highest BCUT2D eigenvalue weighted by atomic mass is 127. The van der Waals surface area contributed by atoms with Crippen LogP contribution in [0.15, 0.2) is 18.2 Å². The summed E-state index contributed by atoms with van der Waals surface area (Å²) in [6.07, 6.45) is 0.505. The third-order valence-corrected chi connectivity index (χ3v) is 2.78. The first kappa shape index (κ1) is 10.7. The summed E-state index contributed by atoms with van der Waals surface area (Å²) < 4.78 is 0.946. The van der Waals surface area contributed by atoms with Gasteiger partial charge in [-0.1, -0.05) is 13.0 Å². The maximum Gasteiger partial charge on any atom is 0.163 e. The van der Waals surface area contributed by atoms with Crippen LogP contribution in [-0.2, 0) is 6.61 Å². The molecule has 0 bridgehead atoms. The lowest BCUT2D eigenvalue weighted by atomic mass is 10.1. The summed E-state index contributed by atoms with van der Waals surface area (Å²) in [6, 6.07) is 5.44. The van der Waals surface area contributed by atoms with E-state index in [1.807, 2.05) is 19.1 Å². The van der Waals surface area contributed by atoms with E-state index in [2.05, 4.69) is 22.6 Å². The van der Waals surface area contributed by atoms with Crippen LogP contribution in [0.2, 0.25) is 0 Å². The maximum absolute atomic E-state index is 11.4. The van der Waals surface area contributed by atoms with Crippen LogP contribution in [0.3, 0.4) is 0 Å². The first-order chi connectivity index (χ1) is 6.19. The Balaban J connectivity index is 3.11. The van der Waals surface area contributed by atoms with E-state index in [-0.39, 0.29) is 12.4 Å². The van der Waals surface area contributed by atoms with Gasteiger partial charge < -0.3 is 5.11 Å². The van der Waals surface area contributed by atoms with E-state index < -0.39 is 0 Å². The minimum atomic E-state index is -0.0130. The largest absolute Gasteiger partial charge is 0.392 e. The van der Waals surface area contributed by atoms with Crippen molar-refractivity contribution in [3.8, 4) is 0 Å². The molecule has 0 spiro atoms. The third kappa shape index (κ3) is 2.51. The topological polar surface area (TPSA) is 37.3 Å². The molecule has 1 aromatic carbocycles. The molecule has 0 fully saturated rings. The number of carbonyl (C=O) groups excluding carboxylic acids is 1. The van der Waals surface area contributed by atoms with E-state index in [0.717, 1.165) is 14.7 Å². The quantitative estimate of drug-likeness (QED) is 0.685. The Hall–Kier alpha value is -0.420. The number of aliphatic hydroxyl groups is 1. The Morgan fingerprint density at radius 2 is 2.23 bits per heavy atom. The van der Waals surface area contributed by atoms with Gasteiger partial charge in [-0.2, -0.15) is 0 Å². The molecule has 0 aliphatic carbocycles. The summed E-state index contributed by atoms with van der Waals surface area (Å²) in [7, 11) is 0. The fourth-order valence-corrected chi connectivity index (χ4v) is 1.71. The van der Waals surface area contributed by atoms with Gasteiger partial charge in [0.25, 0.3) is 0 Å². The van der Waals surface area contributed by atoms with Crippen molar-refractivity contribution in [2.75, 3.05) is 0 Å². The molecule has 1 aromatic rings. The number of rotatable bonds is 3. The van der Waals surface area contributed by atoms with Gasteiger partial charge in [0.1, 0.15) is 0 Å². The Morgan fingerprint density at radius 1 is 1.54 bits per heavy atom. The third-order valence-electron chi connectivity index (χ3n) is 1.83. The van der Waals surface area contributed by atoms with Crippen LogP contribution in [0.4, 0.5) is 0 Å². The van der Waals surface area contributed by atoms with E-state index in [9.17, 15) is 4.79 Å². The van der Waals surface area contributed by atoms with Crippen molar-refractivity contribution in [3.63, 3.8) is 0 Å². The van der Waals surface area contributed by atoms with Crippen molar-refractivity contribution in [2.45, 2.75) is 20.0 Å². The van der Waals surface area contributed by atoms with Crippen molar-refractivity contribution in [3.05, 3.63) is 32.9 Å². The molecule has 0 aliphatic rings. The highest BCUT2D eigenvalue weighted by Crippen LogP contribution is 2.16. The maximum atomic E-state index is 11.4. The standard InChI is InChI=1S/C10H11IO2/c1-2-10(13)8-5-7(6-12)3-4-9(8)11/h3-5,12H,2,6H2,1H3. The van der Waals surface area contributed by atoms with E-state index in [1.54, 1.807) is 6.07 Å². The zero-order chi connectivity index (χ0) is 9.84. The number of halogens is 1. The summed E-state index contributed by atoms with van der Waals surface area (Å²) >= 11 is 2.13. The molecule has 0 aliphatic heterocycles. The van der Waals surface area contributed by atoms with Crippen molar-refractivity contribution >= 4 is 28.4 Å². The van der Waals surface area contributed by atoms with Gasteiger partial charge in [0.05, 0.1) is 6.61 Å². The molecule has 0 atom stereocenters. The molecule has 0 saturated heterocycles. The number of ketones is 1. The molecule has 2 nitrogen and oxygen atoms in total. The summed E-state index contributed by atoms with van der Waals surface area (Å²) in [5.41, 5.74) is 1.51. The monoisotopic (exact) mass is 290 g/mol. The van der Waals surface area contributed by atoms with E-state index in [0.29, 0.717) is 6.42 Å². The molecule has 3 heteroatoms. The normalized spacial score (nSPS) is 10.1. The average molecular weight is 290 g/mol. The van der Waals surface area contributed by atoms with Crippen molar-refractivity contribution in [2.24, 2.45) is 0 Å². The minimum absolute atomic E-state index is 0.0130. The molecular formula is C10H11IO2. The number of carbonyl (C=O) groups is 1. The molecule has 0 amide bonds. The second-order valence-electron chi connectivity index (χ2n) is 2.75. The molecule has 1 rings (SSSR count). The summed E-state index contributed by atoms with van der Waals surface area (Å²) in [6.45, 7) is 1.82. The number of Topliss-reactive ketones (excluding diaryl/α,β-unsaturated/α-hetero) is 1. The molecule has 0 unspecified atom stereocenters. The van der Waals surface area contributed by atoms with Crippen LogP contribution < -0.4 is 0 Å². The van der Waals surface area contributed by atoms with Gasteiger partial charge in [-0.25, -0.2) is 0 Å². The highest BCUT2D eigenvalue weighted by molar-refractivity contribution is 14.1. The van der Waals surface area contributed by atoms with E-state index in [1.165, 1.54) is 0 Å². The molecule has 0 saturated carbocycles. The fourth-order valence-electron chi connectivity index (χ4n) is 1.07. The van der Waals surface area contributed by atoms with Crippen LogP contribution in [-0.4, -0.2) is 10.9 Å². The SMILES string of the molecule is CCC(=O)c1cc(CO)ccc1I. The van der Waals surface area contributed by atoms with Gasteiger partial charge in [0, 0.05) is 15.6 Å². The van der Waals surface area contributed by atoms with Crippen molar-refractivity contribution in [1.82, 2.24) is 0 Å². The van der Waals surface area contributed by atoms with Crippen LogP contribution in [0.5, 0.6) is 0 Å². The second kappa shape index (κ2) is 4.72. The van der Waals surface area contributed by atoms with Gasteiger partial charge in [0.15, 0.2) is 5.78 Å². The Labute approximate surface area is 91.1 Å². The number of hydrogen-bond donors (Lipinski definition) is 1. The van der Waals surface area contributed by atoms with E-state index >= 15 is 0 Å². The molecule has 70 valence electrons. The predicted octanol–water partition coefficient (Wildman–Crippen LogP) is 2.38. The first-order valence-electron chi connectivity index (χ1n) is 4.11. The molecule has 1 N–H and O–H groups in total. The lowest BCUT2D eigenvalue weighted by Crippen LogP contribution is -2.01. The Morgan fingerprint density at radius 3 is 2.77 bits per heavy atom. The smallest absolute Gasteiger partial charge is 0.163 e. The van der Waals surface area contributed by atoms with Gasteiger partial charge in [-0.3, -0.25) is 4.79 Å². The van der Waals surface area contributed by atoms with Gasteiger partial charge in [-0.15, -0.1) is 0 Å². The minimum Gasteiger partial charge on any atom is -0.392 e. The lowest BCUT2D eigenvalue weighted by molar-refractivity contribution is 0.0987. The summed E-state index contributed by atoms with van der Waals surface area (Å²) in [4.78, 5) is 11.4. The molecule has 0 heterocycles.